The minimum Gasteiger partial charge on any atom is -0.457 e. The van der Waals surface area contributed by atoms with Gasteiger partial charge in [-0.1, -0.05) is 12.1 Å². The number of nitrogens with zero attached hydrogens (tertiary/aromatic N) is 1. The van der Waals surface area contributed by atoms with Gasteiger partial charge in [0.1, 0.15) is 17.3 Å². The molecule has 0 aliphatic heterocycles. The van der Waals surface area contributed by atoms with Gasteiger partial charge >= 0.3 is 0 Å². The first kappa shape index (κ1) is 14.0. The topological polar surface area (TPSA) is 72.6 Å². The van der Waals surface area contributed by atoms with Crippen molar-refractivity contribution in [3.63, 3.8) is 0 Å². The maximum atomic E-state index is 13.7. The van der Waals surface area contributed by atoms with Gasteiger partial charge in [-0.15, -0.1) is 0 Å². The number of nitro benzene ring substituents is 1. The molecule has 6 heteroatoms. The zero-order chi connectivity index (χ0) is 14.7. The highest BCUT2D eigenvalue weighted by molar-refractivity contribution is 5.43. The Hall–Kier alpha value is -2.47. The van der Waals surface area contributed by atoms with Gasteiger partial charge in [-0.25, -0.2) is 4.39 Å². The summed E-state index contributed by atoms with van der Waals surface area (Å²) in [7, 11) is 0. The number of nitro groups is 1. The van der Waals surface area contributed by atoms with Gasteiger partial charge in [-0.2, -0.15) is 0 Å². The molecule has 20 heavy (non-hydrogen) atoms. The van der Waals surface area contributed by atoms with Gasteiger partial charge in [0.2, 0.25) is 0 Å². The molecule has 0 bridgehead atoms. The number of hydrogen-bond donors (Lipinski definition) is 1. The first-order valence-electron chi connectivity index (χ1n) is 5.88. The molecule has 0 saturated carbocycles. The Labute approximate surface area is 114 Å². The van der Waals surface area contributed by atoms with E-state index in [1.165, 1.54) is 49.4 Å². The van der Waals surface area contributed by atoms with E-state index in [1.54, 1.807) is 0 Å². The van der Waals surface area contributed by atoms with E-state index in [1.807, 2.05) is 0 Å². The van der Waals surface area contributed by atoms with Crippen LogP contribution in [0.4, 0.5) is 10.1 Å². The molecule has 1 unspecified atom stereocenters. The van der Waals surface area contributed by atoms with Crippen molar-refractivity contribution >= 4 is 5.69 Å². The summed E-state index contributed by atoms with van der Waals surface area (Å²) in [6.07, 6.45) is -1.05. The fourth-order valence-electron chi connectivity index (χ4n) is 1.80. The summed E-state index contributed by atoms with van der Waals surface area (Å²) in [5.41, 5.74) is -0.114. The molecule has 1 N–H and O–H groups in total. The molecule has 0 aliphatic rings. The zero-order valence-electron chi connectivity index (χ0n) is 10.6. The van der Waals surface area contributed by atoms with Gasteiger partial charge in [-0.3, -0.25) is 10.1 Å². The molecule has 0 heterocycles. The van der Waals surface area contributed by atoms with Gasteiger partial charge in [0, 0.05) is 6.07 Å². The third-order valence-corrected chi connectivity index (χ3v) is 2.69. The Bertz CT molecular complexity index is 643. The van der Waals surface area contributed by atoms with Crippen LogP contribution in [0.2, 0.25) is 0 Å². The first-order chi connectivity index (χ1) is 9.49. The van der Waals surface area contributed by atoms with Crippen molar-refractivity contribution in [3.8, 4) is 11.5 Å². The van der Waals surface area contributed by atoms with Crippen LogP contribution in [-0.2, 0) is 0 Å². The molecule has 2 aromatic rings. The fourth-order valence-corrected chi connectivity index (χ4v) is 1.80. The van der Waals surface area contributed by atoms with E-state index < -0.39 is 16.8 Å². The van der Waals surface area contributed by atoms with Crippen LogP contribution in [0, 0.1) is 15.9 Å². The van der Waals surface area contributed by atoms with Crippen LogP contribution in [0.5, 0.6) is 11.5 Å². The highest BCUT2D eigenvalue weighted by Crippen LogP contribution is 2.32. The highest BCUT2D eigenvalue weighted by atomic mass is 19.1. The van der Waals surface area contributed by atoms with E-state index in [4.69, 9.17) is 4.74 Å². The Kier molecular flexibility index (Phi) is 3.95. The van der Waals surface area contributed by atoms with Crippen LogP contribution in [-0.4, -0.2) is 10.0 Å². The molecule has 2 aromatic carbocycles. The molecule has 0 aromatic heterocycles. The van der Waals surface area contributed by atoms with Gasteiger partial charge in [0.05, 0.1) is 22.7 Å². The van der Waals surface area contributed by atoms with Crippen molar-refractivity contribution in [2.24, 2.45) is 0 Å². The third-order valence-electron chi connectivity index (χ3n) is 2.69. The first-order valence-corrected chi connectivity index (χ1v) is 5.88. The molecule has 1 atom stereocenters. The van der Waals surface area contributed by atoms with E-state index in [9.17, 15) is 19.6 Å². The largest absolute Gasteiger partial charge is 0.457 e. The number of aliphatic hydroxyl groups is 1. The van der Waals surface area contributed by atoms with E-state index in [-0.39, 0.29) is 22.7 Å². The highest BCUT2D eigenvalue weighted by Gasteiger charge is 2.16. The van der Waals surface area contributed by atoms with Crippen molar-refractivity contribution in [1.82, 2.24) is 0 Å². The van der Waals surface area contributed by atoms with Crippen molar-refractivity contribution in [2.75, 3.05) is 0 Å². The van der Waals surface area contributed by atoms with Crippen molar-refractivity contribution in [2.45, 2.75) is 13.0 Å². The molecule has 0 radical (unpaired) electrons. The van der Waals surface area contributed by atoms with Gasteiger partial charge in [0.25, 0.3) is 5.69 Å². The maximum absolute atomic E-state index is 13.7. The van der Waals surface area contributed by atoms with Gasteiger partial charge < -0.3 is 9.84 Å². The minimum absolute atomic E-state index is 0.0130. The second kappa shape index (κ2) is 5.66. The summed E-state index contributed by atoms with van der Waals surface area (Å²) >= 11 is 0. The molecular formula is C14H12FNO4. The standard InChI is InChI=1S/C14H12FNO4/c1-9(17)14-12(15)6-3-7-13(14)20-11-5-2-4-10(8-11)16(18)19/h2-9,17H,1H3. The van der Waals surface area contributed by atoms with Gasteiger partial charge in [0.15, 0.2) is 0 Å². The second-order valence-corrected chi connectivity index (χ2v) is 4.18. The zero-order valence-corrected chi connectivity index (χ0v) is 10.6. The number of benzene rings is 2. The molecule has 0 fully saturated rings. The van der Waals surface area contributed by atoms with Crippen molar-refractivity contribution < 1.29 is 19.2 Å². The van der Waals surface area contributed by atoms with Crippen LogP contribution in [0.3, 0.4) is 0 Å². The molecule has 2 rings (SSSR count). The summed E-state index contributed by atoms with van der Waals surface area (Å²) in [5.74, 6) is -0.268. The molecule has 0 amide bonds. The monoisotopic (exact) mass is 277 g/mol. The molecule has 5 nitrogen and oxygen atoms in total. The molecular weight excluding hydrogens is 265 g/mol. The predicted molar refractivity (Wildman–Crippen MR) is 70.2 cm³/mol. The fraction of sp³-hybridized carbons (Fsp3) is 0.143. The van der Waals surface area contributed by atoms with E-state index in [0.29, 0.717) is 0 Å². The summed E-state index contributed by atoms with van der Waals surface area (Å²) < 4.78 is 19.1. The number of hydrogen-bond acceptors (Lipinski definition) is 4. The Morgan fingerprint density at radius 2 is 2.00 bits per heavy atom. The van der Waals surface area contributed by atoms with Crippen LogP contribution in [0.25, 0.3) is 0 Å². The lowest BCUT2D eigenvalue weighted by Crippen LogP contribution is -2.00. The lowest BCUT2D eigenvalue weighted by molar-refractivity contribution is -0.384. The number of non-ortho nitro benzene ring substituents is 1. The smallest absolute Gasteiger partial charge is 0.273 e. The van der Waals surface area contributed by atoms with E-state index in [2.05, 4.69) is 0 Å². The minimum atomic E-state index is -1.05. The number of halogens is 1. The van der Waals surface area contributed by atoms with Crippen LogP contribution < -0.4 is 4.74 Å². The number of ether oxygens (including phenoxy) is 1. The molecule has 0 aliphatic carbocycles. The average molecular weight is 277 g/mol. The second-order valence-electron chi connectivity index (χ2n) is 4.18. The summed E-state index contributed by atoms with van der Waals surface area (Å²) in [6, 6.07) is 9.68. The van der Waals surface area contributed by atoms with Gasteiger partial charge in [-0.05, 0) is 25.1 Å². The average Bonchev–Trinajstić information content (AvgIpc) is 2.38. The summed E-state index contributed by atoms with van der Waals surface area (Å²) in [5, 5.41) is 20.3. The molecule has 0 spiro atoms. The van der Waals surface area contributed by atoms with Crippen LogP contribution >= 0.6 is 0 Å². The molecule has 104 valence electrons. The number of rotatable bonds is 4. The maximum Gasteiger partial charge on any atom is 0.273 e. The van der Waals surface area contributed by atoms with E-state index >= 15 is 0 Å². The van der Waals surface area contributed by atoms with Crippen molar-refractivity contribution in [1.29, 1.82) is 0 Å². The molecule has 0 saturated heterocycles. The third kappa shape index (κ3) is 2.92. The normalized spacial score (nSPS) is 11.9. The van der Waals surface area contributed by atoms with Crippen LogP contribution in [0.15, 0.2) is 42.5 Å². The lowest BCUT2D eigenvalue weighted by atomic mass is 10.1. The summed E-state index contributed by atoms with van der Waals surface area (Å²) in [4.78, 5) is 10.1. The Morgan fingerprint density at radius 1 is 1.30 bits per heavy atom. The Morgan fingerprint density at radius 3 is 2.65 bits per heavy atom. The SMILES string of the molecule is CC(O)c1c(F)cccc1Oc1cccc([N+](=O)[O-])c1. The van der Waals surface area contributed by atoms with Crippen LogP contribution in [0.1, 0.15) is 18.6 Å². The quantitative estimate of drug-likeness (QED) is 0.684. The van der Waals surface area contributed by atoms with Crippen molar-refractivity contribution in [3.05, 3.63) is 64.0 Å². The summed E-state index contributed by atoms with van der Waals surface area (Å²) in [6.45, 7) is 1.42. The number of aliphatic hydroxyl groups excluding tert-OH is 1. The predicted octanol–water partition coefficient (Wildman–Crippen LogP) is 3.58. The Balaban J connectivity index is 2.37. The van der Waals surface area contributed by atoms with E-state index in [0.717, 1.165) is 0 Å². The lowest BCUT2D eigenvalue weighted by Gasteiger charge is -2.13.